The molecule has 3 N–H and O–H groups in total. The van der Waals surface area contributed by atoms with Crippen molar-refractivity contribution in [3.8, 4) is 17.5 Å². The van der Waals surface area contributed by atoms with Crippen LogP contribution in [0.5, 0.6) is 17.5 Å². The van der Waals surface area contributed by atoms with Crippen molar-refractivity contribution >= 4 is 5.69 Å². The third-order valence-electron chi connectivity index (χ3n) is 2.02. The highest BCUT2D eigenvalue weighted by molar-refractivity contribution is 5.62. The summed E-state index contributed by atoms with van der Waals surface area (Å²) >= 11 is 0. The lowest BCUT2D eigenvalue weighted by Crippen LogP contribution is -1.96. The zero-order valence-corrected chi connectivity index (χ0v) is 8.71. The smallest absolute Gasteiger partial charge is 0.322 e. The summed E-state index contributed by atoms with van der Waals surface area (Å²) in [7, 11) is 0. The monoisotopic (exact) mass is 217 g/mol. The minimum Gasteiger partial charge on any atom is -0.506 e. The van der Waals surface area contributed by atoms with Gasteiger partial charge in [0.1, 0.15) is 11.4 Å². The van der Waals surface area contributed by atoms with Crippen molar-refractivity contribution in [3.63, 3.8) is 0 Å². The molecule has 0 fully saturated rings. The Morgan fingerprint density at radius 2 is 2.12 bits per heavy atom. The number of nitrogens with zero attached hydrogens (tertiary/aromatic N) is 2. The van der Waals surface area contributed by atoms with Gasteiger partial charge in [-0.15, -0.1) is 0 Å². The number of hydrogen-bond acceptors (Lipinski definition) is 5. The molecule has 1 aromatic carbocycles. The lowest BCUT2D eigenvalue weighted by Gasteiger charge is -2.07. The number of nitrogens with two attached hydrogens (primary N) is 1. The third kappa shape index (κ3) is 2.03. The Morgan fingerprint density at radius 3 is 2.88 bits per heavy atom. The molecule has 0 aliphatic rings. The molecular weight excluding hydrogens is 206 g/mol. The van der Waals surface area contributed by atoms with E-state index in [0.717, 1.165) is 5.69 Å². The Balaban J connectivity index is 2.31. The number of anilines is 1. The summed E-state index contributed by atoms with van der Waals surface area (Å²) < 4.78 is 5.36. The van der Waals surface area contributed by atoms with Gasteiger partial charge >= 0.3 is 6.01 Å². The normalized spacial score (nSPS) is 10.1. The molecule has 0 atom stereocenters. The largest absolute Gasteiger partial charge is 0.506 e. The molecule has 0 spiro atoms. The Kier molecular flexibility index (Phi) is 2.59. The maximum absolute atomic E-state index is 9.39. The topological polar surface area (TPSA) is 81.3 Å². The third-order valence-corrected chi connectivity index (χ3v) is 2.02. The van der Waals surface area contributed by atoms with Crippen LogP contribution in [0.2, 0.25) is 0 Å². The van der Waals surface area contributed by atoms with Gasteiger partial charge in [0.2, 0.25) is 0 Å². The minimum absolute atomic E-state index is 0.0230. The molecule has 82 valence electrons. The van der Waals surface area contributed by atoms with E-state index in [1.54, 1.807) is 24.4 Å². The van der Waals surface area contributed by atoms with Gasteiger partial charge in [0, 0.05) is 11.9 Å². The van der Waals surface area contributed by atoms with Crippen LogP contribution in [0.3, 0.4) is 0 Å². The minimum atomic E-state index is -0.0230. The van der Waals surface area contributed by atoms with Crippen LogP contribution in [-0.2, 0) is 0 Å². The molecule has 0 amide bonds. The summed E-state index contributed by atoms with van der Waals surface area (Å²) in [5.74, 6) is 0.316. The van der Waals surface area contributed by atoms with E-state index in [2.05, 4.69) is 9.97 Å². The second-order valence-corrected chi connectivity index (χ2v) is 3.27. The number of phenols is 1. The number of rotatable bonds is 2. The number of para-hydroxylation sites is 1. The van der Waals surface area contributed by atoms with Gasteiger partial charge in [0.25, 0.3) is 0 Å². The Labute approximate surface area is 92.5 Å². The molecule has 2 rings (SSSR count). The SMILES string of the molecule is Cc1ccnc(Oc2cccc(O)c2N)n1. The lowest BCUT2D eigenvalue weighted by molar-refractivity contribution is 0.433. The second kappa shape index (κ2) is 4.06. The summed E-state index contributed by atoms with van der Waals surface area (Å²) in [4.78, 5) is 8.00. The average Bonchev–Trinajstić information content (AvgIpc) is 2.25. The predicted molar refractivity (Wildman–Crippen MR) is 59.4 cm³/mol. The number of phenolic OH excluding ortho intramolecular Hbond substituents is 1. The number of hydrogen-bond donors (Lipinski definition) is 2. The van der Waals surface area contributed by atoms with E-state index in [0.29, 0.717) is 5.75 Å². The maximum Gasteiger partial charge on any atom is 0.322 e. The summed E-state index contributed by atoms with van der Waals surface area (Å²) in [5, 5.41) is 9.39. The summed E-state index contributed by atoms with van der Waals surface area (Å²) in [6.07, 6.45) is 1.59. The van der Waals surface area contributed by atoms with E-state index in [4.69, 9.17) is 10.5 Å². The van der Waals surface area contributed by atoms with Gasteiger partial charge in [-0.3, -0.25) is 0 Å². The van der Waals surface area contributed by atoms with E-state index in [9.17, 15) is 5.11 Å². The van der Waals surface area contributed by atoms with Crippen LogP contribution in [-0.4, -0.2) is 15.1 Å². The van der Waals surface area contributed by atoms with Gasteiger partial charge in [0.05, 0.1) is 0 Å². The molecule has 0 aliphatic heterocycles. The summed E-state index contributed by atoms with van der Waals surface area (Å²) in [6.45, 7) is 1.83. The first kappa shape index (κ1) is 10.2. The number of aryl methyl sites for hydroxylation is 1. The molecule has 0 saturated heterocycles. The van der Waals surface area contributed by atoms with Gasteiger partial charge in [-0.2, -0.15) is 0 Å². The van der Waals surface area contributed by atoms with Crippen molar-refractivity contribution in [1.82, 2.24) is 9.97 Å². The number of nitrogen functional groups attached to an aromatic ring is 1. The summed E-state index contributed by atoms with van der Waals surface area (Å²) in [6, 6.07) is 6.73. The van der Waals surface area contributed by atoms with E-state index in [1.165, 1.54) is 6.07 Å². The molecule has 0 saturated carbocycles. The first-order chi connectivity index (χ1) is 7.66. The molecule has 5 nitrogen and oxygen atoms in total. The highest BCUT2D eigenvalue weighted by atomic mass is 16.5. The van der Waals surface area contributed by atoms with Crippen LogP contribution in [0.1, 0.15) is 5.69 Å². The Morgan fingerprint density at radius 1 is 1.31 bits per heavy atom. The zero-order valence-electron chi connectivity index (χ0n) is 8.71. The van der Waals surface area contributed by atoms with Gasteiger partial charge in [-0.1, -0.05) is 6.07 Å². The van der Waals surface area contributed by atoms with Crippen molar-refractivity contribution in [1.29, 1.82) is 0 Å². The molecule has 1 heterocycles. The van der Waals surface area contributed by atoms with E-state index in [-0.39, 0.29) is 17.4 Å². The average molecular weight is 217 g/mol. The number of aromatic hydroxyl groups is 1. The standard InChI is InChI=1S/C11H11N3O2/c1-7-5-6-13-11(14-7)16-9-4-2-3-8(15)10(9)12/h2-6,15H,12H2,1H3. The fourth-order valence-electron chi connectivity index (χ4n) is 1.19. The van der Waals surface area contributed by atoms with E-state index >= 15 is 0 Å². The van der Waals surface area contributed by atoms with Crippen molar-refractivity contribution in [3.05, 3.63) is 36.2 Å². The van der Waals surface area contributed by atoms with Crippen LogP contribution in [0, 0.1) is 6.92 Å². The molecule has 16 heavy (non-hydrogen) atoms. The molecular formula is C11H11N3O2. The van der Waals surface area contributed by atoms with Crippen molar-refractivity contribution in [2.24, 2.45) is 0 Å². The first-order valence-corrected chi connectivity index (χ1v) is 4.72. The van der Waals surface area contributed by atoms with Gasteiger partial charge in [-0.25, -0.2) is 9.97 Å². The highest BCUT2D eigenvalue weighted by Gasteiger charge is 2.07. The Hall–Kier alpha value is -2.30. The second-order valence-electron chi connectivity index (χ2n) is 3.27. The van der Waals surface area contributed by atoms with Crippen molar-refractivity contribution in [2.45, 2.75) is 6.92 Å². The van der Waals surface area contributed by atoms with E-state index < -0.39 is 0 Å². The number of aromatic nitrogens is 2. The van der Waals surface area contributed by atoms with E-state index in [1.807, 2.05) is 6.92 Å². The molecule has 0 unspecified atom stereocenters. The number of ether oxygens (including phenoxy) is 1. The zero-order chi connectivity index (χ0) is 11.5. The van der Waals surface area contributed by atoms with Crippen LogP contribution < -0.4 is 10.5 Å². The van der Waals surface area contributed by atoms with Crippen molar-refractivity contribution < 1.29 is 9.84 Å². The molecule has 5 heteroatoms. The fraction of sp³-hybridized carbons (Fsp3) is 0.0909. The van der Waals surface area contributed by atoms with Crippen LogP contribution in [0.15, 0.2) is 30.5 Å². The number of benzene rings is 1. The Bertz CT molecular complexity index is 514. The van der Waals surface area contributed by atoms with Crippen LogP contribution in [0.4, 0.5) is 5.69 Å². The van der Waals surface area contributed by atoms with Crippen molar-refractivity contribution in [2.75, 3.05) is 5.73 Å². The molecule has 2 aromatic rings. The highest BCUT2D eigenvalue weighted by Crippen LogP contribution is 2.32. The van der Waals surface area contributed by atoms with Gasteiger partial charge in [0.15, 0.2) is 5.75 Å². The quantitative estimate of drug-likeness (QED) is 0.592. The van der Waals surface area contributed by atoms with Gasteiger partial charge < -0.3 is 15.6 Å². The van der Waals surface area contributed by atoms with Crippen LogP contribution in [0.25, 0.3) is 0 Å². The molecule has 1 aromatic heterocycles. The van der Waals surface area contributed by atoms with Gasteiger partial charge in [-0.05, 0) is 25.1 Å². The molecule has 0 aliphatic carbocycles. The lowest BCUT2D eigenvalue weighted by atomic mass is 10.3. The maximum atomic E-state index is 9.39. The summed E-state index contributed by atoms with van der Waals surface area (Å²) in [5.41, 5.74) is 6.61. The molecule has 0 radical (unpaired) electrons. The fourth-order valence-corrected chi connectivity index (χ4v) is 1.19. The predicted octanol–water partition coefficient (Wildman–Crippen LogP) is 1.87. The first-order valence-electron chi connectivity index (χ1n) is 4.72. The molecule has 0 bridgehead atoms. The van der Waals surface area contributed by atoms with Crippen LogP contribution >= 0.6 is 0 Å².